The van der Waals surface area contributed by atoms with Crippen LogP contribution in [0.4, 0.5) is 0 Å². The second-order valence-electron chi connectivity index (χ2n) is 5.88. The van der Waals surface area contributed by atoms with E-state index < -0.39 is 0 Å². The number of fused-ring (bicyclic) bond motifs is 1. The molecule has 0 N–H and O–H groups in total. The summed E-state index contributed by atoms with van der Waals surface area (Å²) >= 11 is 0. The zero-order valence-electron chi connectivity index (χ0n) is 14.1. The molecular formula is C19H22N2O3. The van der Waals surface area contributed by atoms with E-state index >= 15 is 0 Å². The van der Waals surface area contributed by atoms with Gasteiger partial charge in [0.2, 0.25) is 5.91 Å². The van der Waals surface area contributed by atoms with Gasteiger partial charge >= 0.3 is 0 Å². The van der Waals surface area contributed by atoms with Crippen LogP contribution in [0.15, 0.2) is 42.7 Å². The second kappa shape index (κ2) is 7.45. The van der Waals surface area contributed by atoms with Gasteiger partial charge in [-0.25, -0.2) is 0 Å². The minimum atomic E-state index is -0.00687. The Morgan fingerprint density at radius 3 is 3.00 bits per heavy atom. The first-order valence-electron chi connectivity index (χ1n) is 8.22. The lowest BCUT2D eigenvalue weighted by Gasteiger charge is -2.26. The Hall–Kier alpha value is -2.40. The molecule has 5 heteroatoms. The Kier molecular flexibility index (Phi) is 5.11. The van der Waals surface area contributed by atoms with E-state index in [4.69, 9.17) is 9.47 Å². The van der Waals surface area contributed by atoms with E-state index in [-0.39, 0.29) is 18.6 Å². The topological polar surface area (TPSA) is 51.7 Å². The first-order chi connectivity index (χ1) is 11.7. The number of pyridine rings is 1. The predicted octanol–water partition coefficient (Wildman–Crippen LogP) is 2.89. The van der Waals surface area contributed by atoms with E-state index in [9.17, 15) is 4.79 Å². The molecule has 0 aliphatic carbocycles. The molecule has 1 atom stereocenters. The summed E-state index contributed by atoms with van der Waals surface area (Å²) < 4.78 is 11.2. The molecule has 0 fully saturated rings. The van der Waals surface area contributed by atoms with Gasteiger partial charge in [0.1, 0.15) is 19.0 Å². The van der Waals surface area contributed by atoms with Gasteiger partial charge in [0.05, 0.1) is 6.04 Å². The van der Waals surface area contributed by atoms with E-state index in [2.05, 4.69) is 11.1 Å². The van der Waals surface area contributed by atoms with Gasteiger partial charge in [0.15, 0.2) is 0 Å². The highest BCUT2D eigenvalue weighted by Gasteiger charge is 2.25. The summed E-state index contributed by atoms with van der Waals surface area (Å²) in [7, 11) is 0. The molecule has 0 saturated carbocycles. The third-order valence-corrected chi connectivity index (χ3v) is 4.16. The van der Waals surface area contributed by atoms with Crippen LogP contribution >= 0.6 is 0 Å². The Morgan fingerprint density at radius 2 is 2.25 bits per heavy atom. The van der Waals surface area contributed by atoms with Crippen molar-refractivity contribution in [3.63, 3.8) is 0 Å². The number of carbonyl (C=O) groups is 1. The maximum absolute atomic E-state index is 12.4. The number of carbonyl (C=O) groups excluding carboxylic acids is 1. The highest BCUT2D eigenvalue weighted by atomic mass is 16.5. The van der Waals surface area contributed by atoms with Crippen molar-refractivity contribution in [3.8, 4) is 16.9 Å². The van der Waals surface area contributed by atoms with Crippen LogP contribution in [0.3, 0.4) is 0 Å². The van der Waals surface area contributed by atoms with Crippen molar-refractivity contribution >= 4 is 5.91 Å². The highest BCUT2D eigenvalue weighted by Crippen LogP contribution is 2.30. The molecule has 126 valence electrons. The van der Waals surface area contributed by atoms with E-state index in [1.807, 2.05) is 49.2 Å². The maximum Gasteiger partial charge on any atom is 0.249 e. The summed E-state index contributed by atoms with van der Waals surface area (Å²) in [6, 6.07) is 10.0. The van der Waals surface area contributed by atoms with Crippen LogP contribution in [0.5, 0.6) is 5.75 Å². The molecule has 2 aromatic rings. The van der Waals surface area contributed by atoms with Gasteiger partial charge < -0.3 is 14.4 Å². The zero-order chi connectivity index (χ0) is 16.9. The van der Waals surface area contributed by atoms with Crippen molar-refractivity contribution in [2.45, 2.75) is 26.4 Å². The average molecular weight is 326 g/mol. The number of ether oxygens (including phenoxy) is 2. The molecule has 2 heterocycles. The number of rotatable bonds is 4. The molecule has 5 nitrogen and oxygen atoms in total. The quantitative estimate of drug-likeness (QED) is 0.867. The van der Waals surface area contributed by atoms with E-state index in [1.54, 1.807) is 6.20 Å². The molecule has 24 heavy (non-hydrogen) atoms. The van der Waals surface area contributed by atoms with Crippen molar-refractivity contribution in [1.82, 2.24) is 9.88 Å². The lowest BCUT2D eigenvalue weighted by Crippen LogP contribution is -2.41. The highest BCUT2D eigenvalue weighted by molar-refractivity contribution is 5.78. The van der Waals surface area contributed by atoms with Crippen LogP contribution in [0.2, 0.25) is 0 Å². The largest absolute Gasteiger partial charge is 0.491 e. The maximum atomic E-state index is 12.4. The second-order valence-corrected chi connectivity index (χ2v) is 5.88. The molecule has 0 radical (unpaired) electrons. The number of amides is 1. The first kappa shape index (κ1) is 16.5. The summed E-state index contributed by atoms with van der Waals surface area (Å²) in [6.07, 6.45) is 3.59. The van der Waals surface area contributed by atoms with Gasteiger partial charge in [-0.2, -0.15) is 0 Å². The fourth-order valence-electron chi connectivity index (χ4n) is 2.80. The van der Waals surface area contributed by atoms with E-state index in [0.717, 1.165) is 22.4 Å². The van der Waals surface area contributed by atoms with Gasteiger partial charge in [-0.1, -0.05) is 12.1 Å². The van der Waals surface area contributed by atoms with Gasteiger partial charge in [-0.15, -0.1) is 0 Å². The Morgan fingerprint density at radius 1 is 1.38 bits per heavy atom. The van der Waals surface area contributed by atoms with Crippen molar-refractivity contribution < 1.29 is 14.3 Å². The van der Waals surface area contributed by atoms with Gasteiger partial charge in [-0.3, -0.25) is 9.78 Å². The smallest absolute Gasteiger partial charge is 0.249 e. The normalized spacial score (nSPS) is 16.9. The van der Waals surface area contributed by atoms with Gasteiger partial charge in [0.25, 0.3) is 0 Å². The standard InChI is InChI=1S/C19H22N2O3/c1-3-23-13-19(22)21-11-17-9-15(16-5-4-8-20-10-16)6-7-18(17)24-12-14(21)2/h4-10,14H,3,11-13H2,1-2H3/t14-/m0/s1. The van der Waals surface area contributed by atoms with Crippen LogP contribution in [0, 0.1) is 0 Å². The fourth-order valence-corrected chi connectivity index (χ4v) is 2.80. The monoisotopic (exact) mass is 326 g/mol. The molecule has 1 amide bonds. The third-order valence-electron chi connectivity index (χ3n) is 4.16. The number of hydrogen-bond acceptors (Lipinski definition) is 4. The van der Waals surface area contributed by atoms with Gasteiger partial charge in [-0.05, 0) is 37.6 Å². The molecule has 0 spiro atoms. The van der Waals surface area contributed by atoms with Crippen LogP contribution in [-0.2, 0) is 16.1 Å². The van der Waals surface area contributed by atoms with Crippen LogP contribution in [0.25, 0.3) is 11.1 Å². The molecule has 0 bridgehead atoms. The van der Waals surface area contributed by atoms with Crippen LogP contribution in [0.1, 0.15) is 19.4 Å². The van der Waals surface area contributed by atoms with Crippen LogP contribution < -0.4 is 4.74 Å². The minimum Gasteiger partial charge on any atom is -0.491 e. The minimum absolute atomic E-state index is 0.00666. The van der Waals surface area contributed by atoms with Crippen molar-refractivity contribution in [2.75, 3.05) is 19.8 Å². The Balaban J connectivity index is 1.87. The summed E-state index contributed by atoms with van der Waals surface area (Å²) in [4.78, 5) is 18.4. The predicted molar refractivity (Wildman–Crippen MR) is 91.7 cm³/mol. The zero-order valence-corrected chi connectivity index (χ0v) is 14.1. The lowest BCUT2D eigenvalue weighted by atomic mass is 10.0. The van der Waals surface area contributed by atoms with Gasteiger partial charge in [0, 0.05) is 36.7 Å². The summed E-state index contributed by atoms with van der Waals surface area (Å²) in [5.74, 6) is 0.828. The fraction of sp³-hybridized carbons (Fsp3) is 0.368. The summed E-state index contributed by atoms with van der Waals surface area (Å²) in [5.41, 5.74) is 3.12. The Labute approximate surface area is 142 Å². The van der Waals surface area contributed by atoms with Crippen molar-refractivity contribution in [1.29, 1.82) is 0 Å². The van der Waals surface area contributed by atoms with Crippen LogP contribution in [-0.4, -0.2) is 41.7 Å². The number of benzene rings is 1. The van der Waals surface area contributed by atoms with Crippen molar-refractivity contribution in [3.05, 3.63) is 48.3 Å². The molecule has 0 unspecified atom stereocenters. The van der Waals surface area contributed by atoms with Crippen molar-refractivity contribution in [2.24, 2.45) is 0 Å². The molecule has 1 aliphatic heterocycles. The van der Waals surface area contributed by atoms with E-state index in [1.165, 1.54) is 0 Å². The molecule has 0 saturated heterocycles. The lowest BCUT2D eigenvalue weighted by molar-refractivity contribution is -0.139. The number of hydrogen-bond donors (Lipinski definition) is 0. The molecule has 3 rings (SSSR count). The average Bonchev–Trinajstić information content (AvgIpc) is 2.79. The molecular weight excluding hydrogens is 304 g/mol. The SMILES string of the molecule is CCOCC(=O)N1Cc2cc(-c3cccnc3)ccc2OC[C@@H]1C. The Bertz CT molecular complexity index is 703. The molecule has 1 aliphatic rings. The van der Waals surface area contributed by atoms with E-state index in [0.29, 0.717) is 19.8 Å². The number of aromatic nitrogens is 1. The third kappa shape index (κ3) is 3.57. The summed E-state index contributed by atoms with van der Waals surface area (Å²) in [5, 5.41) is 0. The number of nitrogens with zero attached hydrogens (tertiary/aromatic N) is 2. The first-order valence-corrected chi connectivity index (χ1v) is 8.22. The summed E-state index contributed by atoms with van der Waals surface area (Å²) in [6.45, 7) is 5.54. The molecule has 1 aromatic heterocycles. The molecule has 1 aromatic carbocycles.